The van der Waals surface area contributed by atoms with Crippen molar-refractivity contribution in [1.29, 1.82) is 0 Å². The van der Waals surface area contributed by atoms with E-state index in [9.17, 15) is 0 Å². The van der Waals surface area contributed by atoms with Crippen molar-refractivity contribution < 1.29 is 0 Å². The highest BCUT2D eigenvalue weighted by Crippen LogP contribution is 2.36. The van der Waals surface area contributed by atoms with Crippen molar-refractivity contribution in [2.45, 2.75) is 25.3 Å². The van der Waals surface area contributed by atoms with Gasteiger partial charge in [-0.3, -0.25) is 4.98 Å². The Hall–Kier alpha value is -0.120. The molecule has 2 N–H and O–H groups in total. The van der Waals surface area contributed by atoms with Gasteiger partial charge in [-0.05, 0) is 39.9 Å². The molecule has 1 aromatic heterocycles. The van der Waals surface area contributed by atoms with Crippen molar-refractivity contribution in [2.24, 2.45) is 11.7 Å². The molecule has 2 rings (SSSR count). The van der Waals surface area contributed by atoms with Gasteiger partial charge < -0.3 is 5.73 Å². The zero-order chi connectivity index (χ0) is 9.26. The predicted molar refractivity (Wildman–Crippen MR) is 63.5 cm³/mol. The smallest absolute Gasteiger partial charge is 0.0410 e. The first-order valence-corrected chi connectivity index (χ1v) is 5.41. The number of nitrogens with two attached hydrogens (primary N) is 1. The van der Waals surface area contributed by atoms with Gasteiger partial charge in [0.1, 0.15) is 0 Å². The highest BCUT2D eigenvalue weighted by molar-refractivity contribution is 9.10. The second-order valence-corrected chi connectivity index (χ2v) is 4.64. The number of aromatic nitrogens is 1. The monoisotopic (exact) mass is 276 g/mol. The molecule has 0 aromatic carbocycles. The Morgan fingerprint density at radius 2 is 2.21 bits per heavy atom. The summed E-state index contributed by atoms with van der Waals surface area (Å²) in [6.07, 6.45) is 7.47. The molecule has 0 bridgehead atoms. The average Bonchev–Trinajstić information content (AvgIpc) is 2.88. The molecule has 0 unspecified atom stereocenters. The van der Waals surface area contributed by atoms with Gasteiger partial charge in [-0.2, -0.15) is 0 Å². The minimum absolute atomic E-state index is 0. The van der Waals surface area contributed by atoms with Crippen molar-refractivity contribution in [3.05, 3.63) is 28.5 Å². The minimum Gasteiger partial charge on any atom is -0.324 e. The van der Waals surface area contributed by atoms with E-state index in [1.807, 2.05) is 6.20 Å². The molecule has 1 saturated carbocycles. The van der Waals surface area contributed by atoms with Gasteiger partial charge in [0.05, 0.1) is 0 Å². The van der Waals surface area contributed by atoms with Gasteiger partial charge in [0.25, 0.3) is 0 Å². The quantitative estimate of drug-likeness (QED) is 0.922. The average molecular weight is 278 g/mol. The third-order valence-corrected chi connectivity index (χ3v) is 2.87. The topological polar surface area (TPSA) is 38.9 Å². The Bertz CT molecular complexity index is 302. The lowest BCUT2D eigenvalue weighted by Crippen LogP contribution is -2.11. The number of hydrogen-bond donors (Lipinski definition) is 1. The molecule has 2 nitrogen and oxygen atoms in total. The number of pyridine rings is 1. The van der Waals surface area contributed by atoms with Gasteiger partial charge in [-0.1, -0.05) is 12.8 Å². The van der Waals surface area contributed by atoms with Gasteiger partial charge in [-0.25, -0.2) is 0 Å². The van der Waals surface area contributed by atoms with Crippen LogP contribution in [0.4, 0.5) is 0 Å². The van der Waals surface area contributed by atoms with Crippen molar-refractivity contribution in [2.75, 3.05) is 0 Å². The molecule has 0 spiro atoms. The molecule has 78 valence electrons. The zero-order valence-electron chi connectivity index (χ0n) is 7.82. The molecule has 0 amide bonds. The lowest BCUT2D eigenvalue weighted by molar-refractivity contribution is 0.595. The Morgan fingerprint density at radius 1 is 1.50 bits per heavy atom. The van der Waals surface area contributed by atoms with E-state index in [-0.39, 0.29) is 18.4 Å². The van der Waals surface area contributed by atoms with Gasteiger partial charge in [-0.15, -0.1) is 12.4 Å². The van der Waals surface area contributed by atoms with Crippen molar-refractivity contribution >= 4 is 28.3 Å². The SMILES string of the molecule is Cl.N[C@@H](CC1CC1)c1cncc(Br)c1. The highest BCUT2D eigenvalue weighted by Gasteiger charge is 2.24. The summed E-state index contributed by atoms with van der Waals surface area (Å²) in [7, 11) is 0. The summed E-state index contributed by atoms with van der Waals surface area (Å²) >= 11 is 3.39. The lowest BCUT2D eigenvalue weighted by Gasteiger charge is -2.10. The summed E-state index contributed by atoms with van der Waals surface area (Å²) in [4.78, 5) is 4.11. The predicted octanol–water partition coefficient (Wildman–Crippen LogP) is 3.07. The number of hydrogen-bond acceptors (Lipinski definition) is 2. The molecule has 1 heterocycles. The van der Waals surface area contributed by atoms with Crippen LogP contribution in [0, 0.1) is 5.92 Å². The van der Waals surface area contributed by atoms with Gasteiger partial charge in [0.2, 0.25) is 0 Å². The molecule has 1 fully saturated rings. The molecule has 1 aromatic rings. The second kappa shape index (κ2) is 5.10. The molecule has 1 aliphatic rings. The van der Waals surface area contributed by atoms with Crippen LogP contribution in [0.25, 0.3) is 0 Å². The standard InChI is InChI=1S/C10H13BrN2.ClH/c11-9-4-8(5-13-6-9)10(12)3-7-1-2-7;/h4-7,10H,1-3,12H2;1H/t10-;/m0./s1. The third-order valence-electron chi connectivity index (χ3n) is 2.44. The summed E-state index contributed by atoms with van der Waals surface area (Å²) < 4.78 is 1.01. The van der Waals surface area contributed by atoms with Crippen LogP contribution in [0.1, 0.15) is 30.9 Å². The van der Waals surface area contributed by atoms with Gasteiger partial charge in [0, 0.05) is 22.9 Å². The number of nitrogens with zero attached hydrogens (tertiary/aromatic N) is 1. The first-order valence-electron chi connectivity index (χ1n) is 4.62. The first kappa shape index (κ1) is 12.0. The third kappa shape index (κ3) is 3.23. The Kier molecular flexibility index (Phi) is 4.35. The van der Waals surface area contributed by atoms with Gasteiger partial charge in [0.15, 0.2) is 0 Å². The molecule has 0 saturated heterocycles. The van der Waals surface area contributed by atoms with Crippen LogP contribution in [-0.4, -0.2) is 4.98 Å². The second-order valence-electron chi connectivity index (χ2n) is 3.72. The summed E-state index contributed by atoms with van der Waals surface area (Å²) in [6.45, 7) is 0. The normalized spacial score (nSPS) is 17.3. The van der Waals surface area contributed by atoms with E-state index < -0.39 is 0 Å². The fourth-order valence-corrected chi connectivity index (χ4v) is 1.86. The maximum absolute atomic E-state index is 6.04. The van der Waals surface area contributed by atoms with Crippen LogP contribution in [-0.2, 0) is 0 Å². The molecule has 4 heteroatoms. The molecule has 1 atom stereocenters. The first-order chi connectivity index (χ1) is 6.25. The summed E-state index contributed by atoms with van der Waals surface area (Å²) in [5.74, 6) is 0.869. The lowest BCUT2D eigenvalue weighted by atomic mass is 10.0. The summed E-state index contributed by atoms with van der Waals surface area (Å²) in [5, 5.41) is 0. The molecule has 0 aliphatic heterocycles. The molecular formula is C10H14BrClN2. The zero-order valence-corrected chi connectivity index (χ0v) is 10.2. The van der Waals surface area contributed by atoms with Gasteiger partial charge >= 0.3 is 0 Å². The van der Waals surface area contributed by atoms with E-state index in [0.717, 1.165) is 22.4 Å². The maximum Gasteiger partial charge on any atom is 0.0410 e. The fourth-order valence-electron chi connectivity index (χ4n) is 1.48. The van der Waals surface area contributed by atoms with Crippen LogP contribution >= 0.6 is 28.3 Å². The number of rotatable bonds is 3. The van der Waals surface area contributed by atoms with E-state index in [0.29, 0.717) is 0 Å². The van der Waals surface area contributed by atoms with E-state index in [1.54, 1.807) is 6.20 Å². The largest absolute Gasteiger partial charge is 0.324 e. The van der Waals surface area contributed by atoms with E-state index in [2.05, 4.69) is 27.0 Å². The fraction of sp³-hybridized carbons (Fsp3) is 0.500. The van der Waals surface area contributed by atoms with Crippen LogP contribution in [0.15, 0.2) is 22.9 Å². The van der Waals surface area contributed by atoms with Crippen molar-refractivity contribution in [3.8, 4) is 0 Å². The summed E-state index contributed by atoms with van der Waals surface area (Å²) in [6, 6.07) is 2.22. The molecule has 14 heavy (non-hydrogen) atoms. The Labute approximate surface area is 98.8 Å². The number of halogens is 2. The molecule has 1 aliphatic carbocycles. The Morgan fingerprint density at radius 3 is 2.79 bits per heavy atom. The molecule has 0 radical (unpaired) electrons. The highest BCUT2D eigenvalue weighted by atomic mass is 79.9. The van der Waals surface area contributed by atoms with Crippen LogP contribution in [0.5, 0.6) is 0 Å². The summed E-state index contributed by atoms with van der Waals surface area (Å²) in [5.41, 5.74) is 7.18. The molecular weight excluding hydrogens is 263 g/mol. The van der Waals surface area contributed by atoms with E-state index in [4.69, 9.17) is 5.73 Å². The van der Waals surface area contributed by atoms with E-state index >= 15 is 0 Å². The van der Waals surface area contributed by atoms with Crippen LogP contribution in [0.3, 0.4) is 0 Å². The van der Waals surface area contributed by atoms with Crippen LogP contribution in [0.2, 0.25) is 0 Å². The van der Waals surface area contributed by atoms with Crippen LogP contribution < -0.4 is 5.73 Å². The minimum atomic E-state index is 0. The van der Waals surface area contributed by atoms with Crippen molar-refractivity contribution in [1.82, 2.24) is 4.98 Å². The van der Waals surface area contributed by atoms with Crippen molar-refractivity contribution in [3.63, 3.8) is 0 Å². The maximum atomic E-state index is 6.04. The Balaban J connectivity index is 0.000000980. The van der Waals surface area contributed by atoms with E-state index in [1.165, 1.54) is 12.8 Å².